The molecule has 31 heavy (non-hydrogen) atoms. The molecule has 0 aromatic heterocycles. The first-order valence-corrected chi connectivity index (χ1v) is 10.5. The summed E-state index contributed by atoms with van der Waals surface area (Å²) in [5.74, 6) is -0.949. The van der Waals surface area contributed by atoms with Crippen molar-refractivity contribution in [3.63, 3.8) is 0 Å². The van der Waals surface area contributed by atoms with Crippen molar-refractivity contribution in [2.75, 3.05) is 7.11 Å². The molecule has 166 valence electrons. The second-order valence-electron chi connectivity index (χ2n) is 7.97. The van der Waals surface area contributed by atoms with Crippen LogP contribution in [0.1, 0.15) is 37.8 Å². The predicted octanol–water partition coefficient (Wildman–Crippen LogP) is 4.32. The van der Waals surface area contributed by atoms with Gasteiger partial charge in [0.1, 0.15) is 6.61 Å². The Morgan fingerprint density at radius 3 is 2.03 bits per heavy atom. The molecule has 2 aromatic carbocycles. The molecule has 6 nitrogen and oxygen atoms in total. The molecule has 0 saturated heterocycles. The summed E-state index contributed by atoms with van der Waals surface area (Å²) in [6.45, 7) is 4.08. The number of carbonyl (C=O) groups is 3. The lowest BCUT2D eigenvalue weighted by atomic mass is 9.89. The number of benzene rings is 2. The normalized spacial score (nSPS) is 12.6. The van der Waals surface area contributed by atoms with Gasteiger partial charge in [0.25, 0.3) is 0 Å². The van der Waals surface area contributed by atoms with E-state index in [0.717, 1.165) is 11.1 Å². The molecule has 0 aliphatic rings. The Balaban J connectivity index is 2.08. The monoisotopic (exact) mass is 425 g/mol. The number of ether oxygens (including phenoxy) is 2. The van der Waals surface area contributed by atoms with E-state index < -0.39 is 24.0 Å². The van der Waals surface area contributed by atoms with Gasteiger partial charge in [0, 0.05) is 6.42 Å². The predicted molar refractivity (Wildman–Crippen MR) is 118 cm³/mol. The standard InChI is InChI=1S/C25H31NO5/c1-18(2)14-21(24(28)30-3)16-23(27)22(15-19-10-6-4-7-11-19)26-25(29)31-17-20-12-8-5-9-13-20/h4-13,18,21-22H,14-17H2,1-3H3,(H,26,29)/t21-,22+/m1/s1. The highest BCUT2D eigenvalue weighted by atomic mass is 16.5. The average Bonchev–Trinajstić information content (AvgIpc) is 2.77. The van der Waals surface area contributed by atoms with Gasteiger partial charge in [-0.25, -0.2) is 4.79 Å². The van der Waals surface area contributed by atoms with Gasteiger partial charge in [0.05, 0.1) is 19.1 Å². The molecule has 0 aliphatic heterocycles. The van der Waals surface area contributed by atoms with Crippen molar-refractivity contribution in [3.05, 3.63) is 71.8 Å². The Hall–Kier alpha value is -3.15. The fourth-order valence-electron chi connectivity index (χ4n) is 3.39. The summed E-state index contributed by atoms with van der Waals surface area (Å²) in [7, 11) is 1.32. The maximum absolute atomic E-state index is 13.1. The maximum atomic E-state index is 13.1. The van der Waals surface area contributed by atoms with Gasteiger partial charge in [-0.15, -0.1) is 0 Å². The summed E-state index contributed by atoms with van der Waals surface area (Å²) in [6, 6.07) is 17.9. The minimum atomic E-state index is -0.801. The van der Waals surface area contributed by atoms with Gasteiger partial charge in [-0.3, -0.25) is 9.59 Å². The molecular formula is C25H31NO5. The number of ketones is 1. The van der Waals surface area contributed by atoms with Crippen LogP contribution in [0.4, 0.5) is 4.79 Å². The highest BCUT2D eigenvalue weighted by Crippen LogP contribution is 2.19. The molecule has 1 N–H and O–H groups in total. The Labute approximate surface area is 183 Å². The van der Waals surface area contributed by atoms with Gasteiger partial charge >= 0.3 is 12.1 Å². The Morgan fingerprint density at radius 2 is 1.48 bits per heavy atom. The van der Waals surface area contributed by atoms with Crippen LogP contribution < -0.4 is 5.32 Å². The summed E-state index contributed by atoms with van der Waals surface area (Å²) in [4.78, 5) is 37.6. The largest absolute Gasteiger partial charge is 0.469 e. The van der Waals surface area contributed by atoms with E-state index in [-0.39, 0.29) is 24.7 Å². The molecule has 0 saturated carbocycles. The summed E-state index contributed by atoms with van der Waals surface area (Å²) < 4.78 is 10.2. The van der Waals surface area contributed by atoms with Gasteiger partial charge in [-0.1, -0.05) is 74.5 Å². The van der Waals surface area contributed by atoms with Crippen LogP contribution >= 0.6 is 0 Å². The zero-order valence-electron chi connectivity index (χ0n) is 18.4. The second kappa shape index (κ2) is 12.5. The van der Waals surface area contributed by atoms with Crippen molar-refractivity contribution in [2.24, 2.45) is 11.8 Å². The lowest BCUT2D eigenvalue weighted by Gasteiger charge is -2.21. The van der Waals surface area contributed by atoms with Gasteiger partial charge in [-0.2, -0.15) is 0 Å². The number of nitrogens with one attached hydrogen (secondary N) is 1. The van der Waals surface area contributed by atoms with Crippen LogP contribution in [-0.4, -0.2) is 31.0 Å². The molecule has 2 atom stereocenters. The number of hydrogen-bond acceptors (Lipinski definition) is 5. The highest BCUT2D eigenvalue weighted by Gasteiger charge is 2.29. The summed E-state index contributed by atoms with van der Waals surface area (Å²) in [5.41, 5.74) is 1.76. The first-order chi connectivity index (χ1) is 14.9. The smallest absolute Gasteiger partial charge is 0.408 e. The number of carbonyl (C=O) groups excluding carboxylic acids is 3. The first kappa shape index (κ1) is 24.1. The molecule has 2 aromatic rings. The number of hydrogen-bond donors (Lipinski definition) is 1. The fraction of sp³-hybridized carbons (Fsp3) is 0.400. The zero-order chi connectivity index (χ0) is 22.6. The molecule has 0 spiro atoms. The highest BCUT2D eigenvalue weighted by molar-refractivity contribution is 5.90. The van der Waals surface area contributed by atoms with E-state index in [1.54, 1.807) is 0 Å². The Kier molecular flexibility index (Phi) is 9.75. The summed E-state index contributed by atoms with van der Waals surface area (Å²) in [6.07, 6.45) is 0.183. The Morgan fingerprint density at radius 1 is 0.903 bits per heavy atom. The van der Waals surface area contributed by atoms with Crippen LogP contribution in [0.3, 0.4) is 0 Å². The number of methoxy groups -OCH3 is 1. The molecule has 0 fully saturated rings. The topological polar surface area (TPSA) is 81.7 Å². The summed E-state index contributed by atoms with van der Waals surface area (Å²) >= 11 is 0. The first-order valence-electron chi connectivity index (χ1n) is 10.5. The number of rotatable bonds is 11. The number of amides is 1. The zero-order valence-corrected chi connectivity index (χ0v) is 18.4. The molecule has 2 rings (SSSR count). The lowest BCUT2D eigenvalue weighted by molar-refractivity contribution is -0.148. The number of alkyl carbamates (subject to hydrolysis) is 1. The van der Waals surface area contributed by atoms with Gasteiger partial charge < -0.3 is 14.8 Å². The van der Waals surface area contributed by atoms with Crippen LogP contribution in [0.25, 0.3) is 0 Å². The Bertz CT molecular complexity index is 836. The van der Waals surface area contributed by atoms with E-state index in [1.165, 1.54) is 7.11 Å². The molecule has 1 amide bonds. The van der Waals surface area contributed by atoms with Crippen molar-refractivity contribution in [3.8, 4) is 0 Å². The number of Topliss-reactive ketones (excluding diaryl/α,β-unsaturated/α-hetero) is 1. The molecule has 0 heterocycles. The van der Waals surface area contributed by atoms with E-state index in [0.29, 0.717) is 12.8 Å². The molecule has 0 unspecified atom stereocenters. The van der Waals surface area contributed by atoms with Gasteiger partial charge in [0.2, 0.25) is 0 Å². The molecule has 0 bridgehead atoms. The quantitative estimate of drug-likeness (QED) is 0.542. The molecule has 6 heteroatoms. The van der Waals surface area contributed by atoms with Crippen LogP contribution in [-0.2, 0) is 32.1 Å². The van der Waals surface area contributed by atoms with E-state index in [1.807, 2.05) is 74.5 Å². The van der Waals surface area contributed by atoms with Crippen molar-refractivity contribution >= 4 is 17.8 Å². The SMILES string of the molecule is COC(=O)[C@@H](CC(=O)[C@H](Cc1ccccc1)NC(=O)OCc1ccccc1)CC(C)C. The molecular weight excluding hydrogens is 394 g/mol. The van der Waals surface area contributed by atoms with Crippen LogP contribution in [0.5, 0.6) is 0 Å². The van der Waals surface area contributed by atoms with Crippen molar-refractivity contribution in [1.82, 2.24) is 5.32 Å². The summed E-state index contributed by atoms with van der Waals surface area (Å²) in [5, 5.41) is 2.69. The van der Waals surface area contributed by atoms with Crippen LogP contribution in [0, 0.1) is 11.8 Å². The third kappa shape index (κ3) is 8.62. The van der Waals surface area contributed by atoms with Gasteiger partial charge in [-0.05, 0) is 29.9 Å². The minimum Gasteiger partial charge on any atom is -0.469 e. The molecule has 0 aliphatic carbocycles. The van der Waals surface area contributed by atoms with Gasteiger partial charge in [0.15, 0.2) is 5.78 Å². The van der Waals surface area contributed by atoms with Crippen molar-refractivity contribution in [2.45, 2.75) is 45.8 Å². The van der Waals surface area contributed by atoms with E-state index in [9.17, 15) is 14.4 Å². The maximum Gasteiger partial charge on any atom is 0.408 e. The van der Waals surface area contributed by atoms with E-state index >= 15 is 0 Å². The fourth-order valence-corrected chi connectivity index (χ4v) is 3.39. The minimum absolute atomic E-state index is 0.00131. The number of esters is 1. The average molecular weight is 426 g/mol. The van der Waals surface area contributed by atoms with Crippen LogP contribution in [0.15, 0.2) is 60.7 Å². The van der Waals surface area contributed by atoms with Crippen LogP contribution in [0.2, 0.25) is 0 Å². The lowest BCUT2D eigenvalue weighted by Crippen LogP contribution is -2.43. The molecule has 0 radical (unpaired) electrons. The second-order valence-corrected chi connectivity index (χ2v) is 7.97. The third-order valence-electron chi connectivity index (χ3n) is 4.91. The van der Waals surface area contributed by atoms with Crippen molar-refractivity contribution in [1.29, 1.82) is 0 Å². The van der Waals surface area contributed by atoms with E-state index in [4.69, 9.17) is 9.47 Å². The third-order valence-corrected chi connectivity index (χ3v) is 4.91. The van der Waals surface area contributed by atoms with E-state index in [2.05, 4.69) is 5.32 Å². The van der Waals surface area contributed by atoms with Crippen molar-refractivity contribution < 1.29 is 23.9 Å².